The molecule has 2 unspecified atom stereocenters. The maximum Gasteiger partial charge on any atom is 0.115 e. The fourth-order valence-corrected chi connectivity index (χ4v) is 3.66. The van der Waals surface area contributed by atoms with E-state index < -0.39 is 0 Å². The highest BCUT2D eigenvalue weighted by Gasteiger charge is 2.22. The molecule has 2 atom stereocenters. The number of aromatic nitrogens is 1. The van der Waals surface area contributed by atoms with E-state index >= 15 is 0 Å². The number of rotatable bonds is 6. The standard InChI is InChI=1S/C16H19ClN2S/c1-3-14(20-16-13(17)10-7-11-19-16)15(18-2)12-8-5-4-6-9-12/h4-11,14-15,18H,3H2,1-2H3. The molecule has 2 aromatic rings. The smallest absolute Gasteiger partial charge is 0.115 e. The van der Waals surface area contributed by atoms with Gasteiger partial charge in [0, 0.05) is 17.5 Å². The summed E-state index contributed by atoms with van der Waals surface area (Å²) in [5, 5.41) is 5.42. The van der Waals surface area contributed by atoms with Crippen molar-refractivity contribution in [2.75, 3.05) is 7.05 Å². The van der Waals surface area contributed by atoms with Crippen LogP contribution in [0.1, 0.15) is 24.9 Å². The maximum atomic E-state index is 6.22. The first kappa shape index (κ1) is 15.4. The molecule has 0 fully saturated rings. The lowest BCUT2D eigenvalue weighted by atomic mass is 10.0. The third kappa shape index (κ3) is 3.75. The lowest BCUT2D eigenvalue weighted by molar-refractivity contribution is 0.555. The van der Waals surface area contributed by atoms with E-state index in [4.69, 9.17) is 11.6 Å². The molecule has 0 radical (unpaired) electrons. The molecule has 2 rings (SSSR count). The summed E-state index contributed by atoms with van der Waals surface area (Å²) in [5.41, 5.74) is 1.29. The van der Waals surface area contributed by atoms with Crippen LogP contribution in [0.15, 0.2) is 53.7 Å². The third-order valence-electron chi connectivity index (χ3n) is 3.23. The topological polar surface area (TPSA) is 24.9 Å². The minimum absolute atomic E-state index is 0.282. The molecule has 4 heteroatoms. The Kier molecular flexibility index (Phi) is 5.89. The molecule has 1 heterocycles. The number of halogens is 1. The van der Waals surface area contributed by atoms with Gasteiger partial charge >= 0.3 is 0 Å². The number of benzene rings is 1. The fourth-order valence-electron chi connectivity index (χ4n) is 2.22. The molecule has 0 aliphatic carbocycles. The summed E-state index contributed by atoms with van der Waals surface area (Å²) in [6, 6.07) is 14.5. The normalized spacial score (nSPS) is 13.9. The van der Waals surface area contributed by atoms with E-state index in [9.17, 15) is 0 Å². The van der Waals surface area contributed by atoms with Crippen LogP contribution in [0.25, 0.3) is 0 Å². The molecule has 0 amide bonds. The lowest BCUT2D eigenvalue weighted by Gasteiger charge is -2.25. The van der Waals surface area contributed by atoms with Crippen LogP contribution in [-0.4, -0.2) is 17.3 Å². The van der Waals surface area contributed by atoms with E-state index in [0.717, 1.165) is 16.5 Å². The number of hydrogen-bond acceptors (Lipinski definition) is 3. The zero-order chi connectivity index (χ0) is 14.4. The summed E-state index contributed by atoms with van der Waals surface area (Å²) in [6.45, 7) is 2.20. The highest BCUT2D eigenvalue weighted by Crippen LogP contribution is 2.36. The van der Waals surface area contributed by atoms with Crippen LogP contribution in [-0.2, 0) is 0 Å². The largest absolute Gasteiger partial charge is 0.312 e. The van der Waals surface area contributed by atoms with Gasteiger partial charge in [0.25, 0.3) is 0 Å². The summed E-state index contributed by atoms with van der Waals surface area (Å²) >= 11 is 7.95. The fraction of sp³-hybridized carbons (Fsp3) is 0.312. The first-order valence-electron chi connectivity index (χ1n) is 6.75. The van der Waals surface area contributed by atoms with Crippen molar-refractivity contribution in [1.82, 2.24) is 10.3 Å². The Morgan fingerprint density at radius 1 is 1.20 bits per heavy atom. The molecule has 0 saturated carbocycles. The van der Waals surface area contributed by atoms with E-state index in [2.05, 4.69) is 41.5 Å². The second kappa shape index (κ2) is 7.67. The van der Waals surface area contributed by atoms with Gasteiger partial charge in [0.2, 0.25) is 0 Å². The van der Waals surface area contributed by atoms with Gasteiger partial charge in [-0.15, -0.1) is 0 Å². The van der Waals surface area contributed by atoms with Gasteiger partial charge in [-0.1, -0.05) is 60.6 Å². The second-order valence-electron chi connectivity index (χ2n) is 4.53. The van der Waals surface area contributed by atoms with Crippen molar-refractivity contribution >= 4 is 23.4 Å². The molecule has 1 aromatic heterocycles. The van der Waals surface area contributed by atoms with E-state index in [1.807, 2.05) is 25.2 Å². The van der Waals surface area contributed by atoms with Crippen molar-refractivity contribution in [3.63, 3.8) is 0 Å². The van der Waals surface area contributed by atoms with Crippen LogP contribution >= 0.6 is 23.4 Å². The Balaban J connectivity index is 2.20. The Morgan fingerprint density at radius 2 is 1.95 bits per heavy atom. The van der Waals surface area contributed by atoms with E-state index in [0.29, 0.717) is 5.25 Å². The van der Waals surface area contributed by atoms with E-state index in [1.165, 1.54) is 5.56 Å². The third-order valence-corrected chi connectivity index (χ3v) is 5.11. The summed E-state index contributed by atoms with van der Waals surface area (Å²) in [4.78, 5) is 4.38. The minimum atomic E-state index is 0.282. The minimum Gasteiger partial charge on any atom is -0.312 e. The maximum absolute atomic E-state index is 6.22. The molecule has 0 bridgehead atoms. The monoisotopic (exact) mass is 306 g/mol. The molecule has 106 valence electrons. The van der Waals surface area contributed by atoms with Crippen LogP contribution in [0.3, 0.4) is 0 Å². The molecular weight excluding hydrogens is 288 g/mol. The summed E-state index contributed by atoms with van der Waals surface area (Å²) in [7, 11) is 2.00. The molecule has 2 nitrogen and oxygen atoms in total. The van der Waals surface area contributed by atoms with Crippen LogP contribution in [0.4, 0.5) is 0 Å². The Labute approximate surface area is 130 Å². The molecular formula is C16H19ClN2S. The van der Waals surface area contributed by atoms with E-state index in [1.54, 1.807) is 18.0 Å². The van der Waals surface area contributed by atoms with Gasteiger partial charge in [-0.05, 0) is 31.2 Å². The van der Waals surface area contributed by atoms with Crippen LogP contribution in [0.2, 0.25) is 5.02 Å². The van der Waals surface area contributed by atoms with Crippen LogP contribution < -0.4 is 5.32 Å². The predicted octanol–water partition coefficient (Wildman–Crippen LogP) is 4.57. The van der Waals surface area contributed by atoms with Crippen molar-refractivity contribution in [3.05, 3.63) is 59.2 Å². The average Bonchev–Trinajstić information content (AvgIpc) is 2.50. The highest BCUT2D eigenvalue weighted by atomic mass is 35.5. The quantitative estimate of drug-likeness (QED) is 0.792. The first-order valence-corrected chi connectivity index (χ1v) is 8.01. The zero-order valence-electron chi connectivity index (χ0n) is 11.7. The van der Waals surface area contributed by atoms with Crippen molar-refractivity contribution in [3.8, 4) is 0 Å². The lowest BCUT2D eigenvalue weighted by Crippen LogP contribution is -2.27. The molecule has 0 saturated heterocycles. The van der Waals surface area contributed by atoms with Gasteiger partial charge < -0.3 is 5.32 Å². The van der Waals surface area contributed by atoms with Gasteiger partial charge in [0.15, 0.2) is 0 Å². The first-order chi connectivity index (χ1) is 9.76. The predicted molar refractivity (Wildman–Crippen MR) is 87.4 cm³/mol. The molecule has 0 aliphatic heterocycles. The van der Waals surface area contributed by atoms with Gasteiger partial charge in [-0.25, -0.2) is 4.98 Å². The molecule has 20 heavy (non-hydrogen) atoms. The summed E-state index contributed by atoms with van der Waals surface area (Å²) in [6.07, 6.45) is 2.83. The van der Waals surface area contributed by atoms with Gasteiger partial charge in [0.1, 0.15) is 5.03 Å². The Morgan fingerprint density at radius 3 is 2.55 bits per heavy atom. The number of thioether (sulfide) groups is 1. The van der Waals surface area contributed by atoms with Crippen molar-refractivity contribution in [2.45, 2.75) is 29.7 Å². The van der Waals surface area contributed by atoms with Crippen LogP contribution in [0, 0.1) is 0 Å². The summed E-state index contributed by atoms with van der Waals surface area (Å²) in [5.74, 6) is 0. The van der Waals surface area contributed by atoms with Crippen molar-refractivity contribution < 1.29 is 0 Å². The number of hydrogen-bond donors (Lipinski definition) is 1. The molecule has 1 aromatic carbocycles. The second-order valence-corrected chi connectivity index (χ2v) is 6.17. The van der Waals surface area contributed by atoms with Gasteiger partial charge in [-0.3, -0.25) is 0 Å². The molecule has 1 N–H and O–H groups in total. The Hall–Kier alpha value is -1.03. The number of pyridine rings is 1. The highest BCUT2D eigenvalue weighted by molar-refractivity contribution is 8.00. The SMILES string of the molecule is CCC(Sc1ncccc1Cl)C(NC)c1ccccc1. The van der Waals surface area contributed by atoms with E-state index in [-0.39, 0.29) is 6.04 Å². The van der Waals surface area contributed by atoms with Crippen molar-refractivity contribution in [1.29, 1.82) is 0 Å². The number of nitrogens with zero attached hydrogens (tertiary/aromatic N) is 1. The summed E-state index contributed by atoms with van der Waals surface area (Å²) < 4.78 is 0. The average molecular weight is 307 g/mol. The van der Waals surface area contributed by atoms with Gasteiger partial charge in [0.05, 0.1) is 5.02 Å². The van der Waals surface area contributed by atoms with Gasteiger partial charge in [-0.2, -0.15) is 0 Å². The molecule has 0 aliphatic rings. The van der Waals surface area contributed by atoms with Crippen LogP contribution in [0.5, 0.6) is 0 Å². The zero-order valence-corrected chi connectivity index (χ0v) is 13.3. The Bertz CT molecular complexity index is 533. The molecule has 0 spiro atoms. The number of nitrogens with one attached hydrogen (secondary N) is 1. The van der Waals surface area contributed by atoms with Crippen molar-refractivity contribution in [2.24, 2.45) is 0 Å².